The van der Waals surface area contributed by atoms with Crippen LogP contribution in [0.3, 0.4) is 0 Å². The van der Waals surface area contributed by atoms with Gasteiger partial charge in [0.05, 0.1) is 17.1 Å². The maximum Gasteiger partial charge on any atom is 0.0702 e. The summed E-state index contributed by atoms with van der Waals surface area (Å²) in [6.07, 6.45) is 0.925. The molecule has 6 aromatic carbocycles. The van der Waals surface area contributed by atoms with Crippen LogP contribution < -0.4 is 9.80 Å². The van der Waals surface area contributed by atoms with Gasteiger partial charge < -0.3 is 9.80 Å². The van der Waals surface area contributed by atoms with Gasteiger partial charge in [-0.3, -0.25) is 0 Å². The Bertz CT molecular complexity index is 1690. The van der Waals surface area contributed by atoms with Crippen molar-refractivity contribution >= 4 is 34.1 Å². The van der Waals surface area contributed by atoms with E-state index in [4.69, 9.17) is 0 Å². The van der Waals surface area contributed by atoms with E-state index in [1.165, 1.54) is 27.9 Å². The van der Waals surface area contributed by atoms with Crippen LogP contribution in [0.4, 0.5) is 34.1 Å². The maximum atomic E-state index is 2.43. The van der Waals surface area contributed by atoms with Gasteiger partial charge >= 0.3 is 0 Å². The molecule has 1 aliphatic rings. The number of hydrogen-bond acceptors (Lipinski definition) is 2. The number of hydrogen-bond donors (Lipinski definition) is 0. The molecule has 0 N–H and O–H groups in total. The fraction of sp³-hybridized carbons (Fsp3) is 0.0270. The third kappa shape index (κ3) is 4.17. The lowest BCUT2D eigenvalue weighted by molar-refractivity contribution is 1.18. The first kappa shape index (κ1) is 23.1. The van der Waals surface area contributed by atoms with Gasteiger partial charge in [-0.2, -0.15) is 0 Å². The first-order valence-electron chi connectivity index (χ1n) is 13.4. The van der Waals surface area contributed by atoms with Gasteiger partial charge in [-0.25, -0.2) is 0 Å². The van der Waals surface area contributed by atoms with E-state index in [-0.39, 0.29) is 0 Å². The predicted octanol–water partition coefficient (Wildman–Crippen LogP) is 10.2. The van der Waals surface area contributed by atoms with E-state index in [0.717, 1.165) is 34.9 Å². The van der Waals surface area contributed by atoms with Crippen LogP contribution in [0.2, 0.25) is 0 Å². The lowest BCUT2D eigenvalue weighted by atomic mass is 10.0. The fourth-order valence-corrected chi connectivity index (χ4v) is 5.76. The molecule has 1 aliphatic carbocycles. The van der Waals surface area contributed by atoms with Crippen LogP contribution in [-0.4, -0.2) is 0 Å². The summed E-state index contributed by atoms with van der Waals surface area (Å²) in [7, 11) is 0. The van der Waals surface area contributed by atoms with Gasteiger partial charge in [0, 0.05) is 23.5 Å². The van der Waals surface area contributed by atoms with Crippen molar-refractivity contribution in [3.63, 3.8) is 0 Å². The Balaban J connectivity index is 1.47. The lowest BCUT2D eigenvalue weighted by Gasteiger charge is -2.34. The number of nitrogens with zero attached hydrogens (tertiary/aromatic N) is 2. The molecule has 0 atom stereocenters. The minimum atomic E-state index is 0.925. The van der Waals surface area contributed by atoms with Gasteiger partial charge in [-0.15, -0.1) is 0 Å². The van der Waals surface area contributed by atoms with Gasteiger partial charge in [-0.1, -0.05) is 103 Å². The average molecular weight is 501 g/mol. The summed E-state index contributed by atoms with van der Waals surface area (Å²) in [4.78, 5) is 4.78. The standard InChI is InChI=1S/C37H28N2/c1-4-16-29(17-5-1)38(30-18-6-2-7-19-30)36-24-12-13-25-37(36)39(31-20-8-3-9-21-31)35-26-14-23-33-32-22-11-10-15-28(32)27-34(33)35/h1-26H,27H2. The molecule has 0 radical (unpaired) electrons. The highest BCUT2D eigenvalue weighted by Crippen LogP contribution is 2.49. The van der Waals surface area contributed by atoms with E-state index >= 15 is 0 Å². The first-order chi connectivity index (χ1) is 19.4. The summed E-state index contributed by atoms with van der Waals surface area (Å²) in [5.74, 6) is 0. The summed E-state index contributed by atoms with van der Waals surface area (Å²) < 4.78 is 0. The molecule has 0 spiro atoms. The van der Waals surface area contributed by atoms with Crippen LogP contribution in [0.5, 0.6) is 0 Å². The molecule has 0 bridgehead atoms. The lowest BCUT2D eigenvalue weighted by Crippen LogP contribution is -2.17. The molecule has 0 unspecified atom stereocenters. The second kappa shape index (κ2) is 10.00. The molecule has 0 aromatic heterocycles. The molecule has 0 saturated carbocycles. The third-order valence-electron chi connectivity index (χ3n) is 7.47. The number of fused-ring (bicyclic) bond motifs is 3. The number of rotatable bonds is 6. The van der Waals surface area contributed by atoms with Gasteiger partial charge in [0.25, 0.3) is 0 Å². The van der Waals surface area contributed by atoms with Crippen LogP contribution in [0.1, 0.15) is 11.1 Å². The van der Waals surface area contributed by atoms with E-state index in [9.17, 15) is 0 Å². The third-order valence-corrected chi connectivity index (χ3v) is 7.47. The Morgan fingerprint density at radius 3 is 1.38 bits per heavy atom. The van der Waals surface area contributed by atoms with Gasteiger partial charge in [-0.05, 0) is 76.9 Å². The molecule has 0 amide bonds. The van der Waals surface area contributed by atoms with Crippen molar-refractivity contribution in [3.05, 3.63) is 169 Å². The smallest absolute Gasteiger partial charge is 0.0702 e. The van der Waals surface area contributed by atoms with Crippen molar-refractivity contribution in [3.8, 4) is 11.1 Å². The average Bonchev–Trinajstić information content (AvgIpc) is 3.40. The zero-order valence-electron chi connectivity index (χ0n) is 21.6. The molecule has 0 heterocycles. The highest BCUT2D eigenvalue weighted by Gasteiger charge is 2.27. The summed E-state index contributed by atoms with van der Waals surface area (Å²) >= 11 is 0. The molecule has 0 fully saturated rings. The van der Waals surface area contributed by atoms with Crippen LogP contribution in [-0.2, 0) is 6.42 Å². The molecule has 2 nitrogen and oxygen atoms in total. The molecular weight excluding hydrogens is 472 g/mol. The largest absolute Gasteiger partial charge is 0.308 e. The topological polar surface area (TPSA) is 6.48 Å². The monoisotopic (exact) mass is 500 g/mol. The first-order valence-corrected chi connectivity index (χ1v) is 13.4. The van der Waals surface area contributed by atoms with Crippen molar-refractivity contribution in [2.24, 2.45) is 0 Å². The Labute approximate surface area is 230 Å². The highest BCUT2D eigenvalue weighted by molar-refractivity contribution is 5.94. The molecular formula is C37H28N2. The number of para-hydroxylation sites is 5. The van der Waals surface area contributed by atoms with E-state index < -0.39 is 0 Å². The summed E-state index contributed by atoms with van der Waals surface area (Å²) in [5.41, 5.74) is 12.2. The normalized spacial score (nSPS) is 11.5. The van der Waals surface area contributed by atoms with Crippen molar-refractivity contribution in [1.82, 2.24) is 0 Å². The Hall–Kier alpha value is -5.08. The predicted molar refractivity (Wildman–Crippen MR) is 164 cm³/mol. The Kier molecular flexibility index (Phi) is 5.91. The maximum absolute atomic E-state index is 2.43. The molecule has 39 heavy (non-hydrogen) atoms. The fourth-order valence-electron chi connectivity index (χ4n) is 5.76. The Morgan fingerprint density at radius 1 is 0.333 bits per heavy atom. The summed E-state index contributed by atoms with van der Waals surface area (Å²) in [5, 5.41) is 0. The van der Waals surface area contributed by atoms with Crippen LogP contribution in [0, 0.1) is 0 Å². The SMILES string of the molecule is c1ccc(N(c2ccccc2)c2ccccc2N(c2ccccc2)c2cccc3c2Cc2ccccc2-3)cc1. The van der Waals surface area contributed by atoms with Crippen molar-refractivity contribution in [1.29, 1.82) is 0 Å². The quantitative estimate of drug-likeness (QED) is 0.224. The second-order valence-electron chi connectivity index (χ2n) is 9.80. The van der Waals surface area contributed by atoms with E-state index in [1.807, 2.05) is 0 Å². The molecule has 6 aromatic rings. The van der Waals surface area contributed by atoms with Crippen LogP contribution >= 0.6 is 0 Å². The van der Waals surface area contributed by atoms with Gasteiger partial charge in [0.2, 0.25) is 0 Å². The minimum absolute atomic E-state index is 0.925. The zero-order chi connectivity index (χ0) is 26.0. The van der Waals surface area contributed by atoms with Crippen molar-refractivity contribution in [2.45, 2.75) is 6.42 Å². The van der Waals surface area contributed by atoms with Crippen molar-refractivity contribution < 1.29 is 0 Å². The minimum Gasteiger partial charge on any atom is -0.308 e. The summed E-state index contributed by atoms with van der Waals surface area (Å²) in [6, 6.07) is 56.2. The molecule has 0 aliphatic heterocycles. The Morgan fingerprint density at radius 2 is 0.769 bits per heavy atom. The number of benzene rings is 6. The van der Waals surface area contributed by atoms with Gasteiger partial charge in [0.15, 0.2) is 0 Å². The van der Waals surface area contributed by atoms with Crippen LogP contribution in [0.25, 0.3) is 11.1 Å². The molecule has 7 rings (SSSR count). The molecule has 186 valence electrons. The van der Waals surface area contributed by atoms with Gasteiger partial charge in [0.1, 0.15) is 0 Å². The summed E-state index contributed by atoms with van der Waals surface area (Å²) in [6.45, 7) is 0. The van der Waals surface area contributed by atoms with E-state index in [0.29, 0.717) is 0 Å². The number of anilines is 6. The zero-order valence-corrected chi connectivity index (χ0v) is 21.6. The van der Waals surface area contributed by atoms with Crippen LogP contribution in [0.15, 0.2) is 158 Å². The van der Waals surface area contributed by atoms with E-state index in [2.05, 4.69) is 168 Å². The molecule has 2 heteroatoms. The van der Waals surface area contributed by atoms with Crippen molar-refractivity contribution in [2.75, 3.05) is 9.80 Å². The second-order valence-corrected chi connectivity index (χ2v) is 9.80. The molecule has 0 saturated heterocycles. The van der Waals surface area contributed by atoms with E-state index in [1.54, 1.807) is 0 Å². The highest BCUT2D eigenvalue weighted by atomic mass is 15.2.